The number of nitrogens with one attached hydrogen (secondary N) is 1. The van der Waals surface area contributed by atoms with E-state index in [1.807, 2.05) is 67.9 Å². The summed E-state index contributed by atoms with van der Waals surface area (Å²) in [5.41, 5.74) is 2.17. The first kappa shape index (κ1) is 22.3. The van der Waals surface area contributed by atoms with Crippen LogP contribution < -0.4 is 5.32 Å². The SMILES string of the molecule is CSCc1ccc(NC(=O)c2cccn2C2CCN(C(=O)OC(C)(C)C)CC2)cc1. The van der Waals surface area contributed by atoms with Crippen molar-refractivity contribution in [1.82, 2.24) is 9.47 Å². The van der Waals surface area contributed by atoms with E-state index in [-0.39, 0.29) is 18.0 Å². The molecule has 1 fully saturated rings. The van der Waals surface area contributed by atoms with Crippen molar-refractivity contribution in [2.24, 2.45) is 0 Å². The Morgan fingerprint density at radius 1 is 1.13 bits per heavy atom. The Labute approximate surface area is 183 Å². The Balaban J connectivity index is 1.60. The van der Waals surface area contributed by atoms with Crippen LogP contribution in [-0.2, 0) is 10.5 Å². The van der Waals surface area contributed by atoms with Crippen molar-refractivity contribution in [3.05, 3.63) is 53.9 Å². The maximum Gasteiger partial charge on any atom is 0.410 e. The van der Waals surface area contributed by atoms with E-state index in [1.165, 1.54) is 5.56 Å². The van der Waals surface area contributed by atoms with Crippen molar-refractivity contribution in [3.8, 4) is 0 Å². The highest BCUT2D eigenvalue weighted by molar-refractivity contribution is 7.97. The summed E-state index contributed by atoms with van der Waals surface area (Å²) < 4.78 is 7.50. The maximum atomic E-state index is 12.9. The van der Waals surface area contributed by atoms with Gasteiger partial charge in [0.05, 0.1) is 0 Å². The lowest BCUT2D eigenvalue weighted by atomic mass is 10.0. The van der Waals surface area contributed by atoms with Crippen molar-refractivity contribution in [1.29, 1.82) is 0 Å². The molecule has 1 aliphatic heterocycles. The third-order valence-electron chi connectivity index (χ3n) is 5.04. The van der Waals surface area contributed by atoms with Crippen LogP contribution in [0.5, 0.6) is 0 Å². The van der Waals surface area contributed by atoms with Crippen LogP contribution in [0.3, 0.4) is 0 Å². The molecule has 6 nitrogen and oxygen atoms in total. The molecule has 30 heavy (non-hydrogen) atoms. The molecule has 1 aromatic heterocycles. The molecule has 2 amide bonds. The number of piperidine rings is 1. The number of carbonyl (C=O) groups is 2. The minimum Gasteiger partial charge on any atom is -0.444 e. The van der Waals surface area contributed by atoms with E-state index in [1.54, 1.807) is 16.7 Å². The summed E-state index contributed by atoms with van der Waals surface area (Å²) >= 11 is 1.77. The molecule has 7 heteroatoms. The summed E-state index contributed by atoms with van der Waals surface area (Å²) in [6.07, 6.45) is 5.33. The lowest BCUT2D eigenvalue weighted by molar-refractivity contribution is 0.0187. The van der Waals surface area contributed by atoms with Crippen molar-refractivity contribution in [3.63, 3.8) is 0 Å². The van der Waals surface area contributed by atoms with Crippen LogP contribution in [0, 0.1) is 0 Å². The molecule has 1 saturated heterocycles. The lowest BCUT2D eigenvalue weighted by Gasteiger charge is -2.34. The third kappa shape index (κ3) is 5.81. The Morgan fingerprint density at radius 2 is 1.80 bits per heavy atom. The van der Waals surface area contributed by atoms with E-state index in [4.69, 9.17) is 4.74 Å². The maximum absolute atomic E-state index is 12.9. The van der Waals surface area contributed by atoms with E-state index in [9.17, 15) is 9.59 Å². The number of anilines is 1. The number of aromatic nitrogens is 1. The van der Waals surface area contributed by atoms with Crippen LogP contribution in [0.4, 0.5) is 10.5 Å². The molecule has 3 rings (SSSR count). The minimum atomic E-state index is -0.493. The van der Waals surface area contributed by atoms with Gasteiger partial charge in [-0.15, -0.1) is 0 Å². The smallest absolute Gasteiger partial charge is 0.410 e. The number of thioether (sulfide) groups is 1. The molecule has 1 N–H and O–H groups in total. The molecule has 2 heterocycles. The highest BCUT2D eigenvalue weighted by Gasteiger charge is 2.28. The molecule has 0 unspecified atom stereocenters. The van der Waals surface area contributed by atoms with Crippen LogP contribution in [-0.4, -0.2) is 46.4 Å². The summed E-state index contributed by atoms with van der Waals surface area (Å²) in [6.45, 7) is 6.86. The van der Waals surface area contributed by atoms with Crippen LogP contribution in [0.2, 0.25) is 0 Å². The van der Waals surface area contributed by atoms with Gasteiger partial charge in [0.1, 0.15) is 11.3 Å². The number of ether oxygens (including phenoxy) is 1. The lowest BCUT2D eigenvalue weighted by Crippen LogP contribution is -2.42. The number of hydrogen-bond donors (Lipinski definition) is 1. The predicted octanol–water partition coefficient (Wildman–Crippen LogP) is 5.18. The quantitative estimate of drug-likeness (QED) is 0.712. The van der Waals surface area contributed by atoms with Crippen LogP contribution >= 0.6 is 11.8 Å². The summed E-state index contributed by atoms with van der Waals surface area (Å²) in [4.78, 5) is 26.9. The second-order valence-electron chi connectivity index (χ2n) is 8.58. The fourth-order valence-corrected chi connectivity index (χ4v) is 4.13. The second-order valence-corrected chi connectivity index (χ2v) is 9.45. The molecule has 1 aliphatic rings. The largest absolute Gasteiger partial charge is 0.444 e. The molecular weight excluding hydrogens is 398 g/mol. The van der Waals surface area contributed by atoms with Gasteiger partial charge in [-0.25, -0.2) is 4.79 Å². The Morgan fingerprint density at radius 3 is 2.40 bits per heavy atom. The predicted molar refractivity (Wildman–Crippen MR) is 122 cm³/mol. The van der Waals surface area contributed by atoms with Crippen LogP contribution in [0.25, 0.3) is 0 Å². The van der Waals surface area contributed by atoms with Gasteiger partial charge in [-0.3, -0.25) is 4.79 Å². The summed E-state index contributed by atoms with van der Waals surface area (Å²) in [5, 5.41) is 2.99. The number of benzene rings is 1. The first-order chi connectivity index (χ1) is 14.3. The van der Waals surface area contributed by atoms with Crippen molar-refractivity contribution >= 4 is 29.4 Å². The first-order valence-electron chi connectivity index (χ1n) is 10.3. The van der Waals surface area contributed by atoms with Gasteiger partial charge in [-0.2, -0.15) is 11.8 Å². The molecule has 2 aromatic rings. The molecule has 0 aliphatic carbocycles. The Bertz CT molecular complexity index is 863. The van der Waals surface area contributed by atoms with E-state index in [0.29, 0.717) is 18.8 Å². The van der Waals surface area contributed by atoms with Gasteiger partial charge in [0.15, 0.2) is 0 Å². The highest BCUT2D eigenvalue weighted by Crippen LogP contribution is 2.26. The van der Waals surface area contributed by atoms with Gasteiger partial charge < -0.3 is 19.5 Å². The van der Waals surface area contributed by atoms with Gasteiger partial charge in [0.2, 0.25) is 0 Å². The molecule has 1 aromatic carbocycles. The molecule has 0 atom stereocenters. The average molecular weight is 430 g/mol. The highest BCUT2D eigenvalue weighted by atomic mass is 32.2. The Kier molecular flexibility index (Phi) is 7.13. The van der Waals surface area contributed by atoms with Gasteiger partial charge in [0, 0.05) is 36.8 Å². The second kappa shape index (κ2) is 9.60. The monoisotopic (exact) mass is 429 g/mol. The summed E-state index contributed by atoms with van der Waals surface area (Å²) in [6, 6.07) is 11.9. The molecule has 162 valence electrons. The van der Waals surface area contributed by atoms with Crippen LogP contribution in [0.15, 0.2) is 42.6 Å². The van der Waals surface area contributed by atoms with Gasteiger partial charge in [-0.1, -0.05) is 12.1 Å². The number of carbonyl (C=O) groups excluding carboxylic acids is 2. The topological polar surface area (TPSA) is 63.6 Å². The van der Waals surface area contributed by atoms with Crippen molar-refractivity contribution in [2.75, 3.05) is 24.7 Å². The number of nitrogens with zero attached hydrogens (tertiary/aromatic N) is 2. The molecule has 0 spiro atoms. The first-order valence-corrected chi connectivity index (χ1v) is 11.7. The zero-order chi connectivity index (χ0) is 21.7. The Hall–Kier alpha value is -2.41. The fourth-order valence-electron chi connectivity index (χ4n) is 3.60. The number of hydrogen-bond acceptors (Lipinski definition) is 4. The number of likely N-dealkylation sites (tertiary alicyclic amines) is 1. The van der Waals surface area contributed by atoms with Gasteiger partial charge in [-0.05, 0) is 69.7 Å². The number of rotatable bonds is 5. The van der Waals surface area contributed by atoms with Gasteiger partial charge >= 0.3 is 6.09 Å². The van der Waals surface area contributed by atoms with E-state index < -0.39 is 5.60 Å². The van der Waals surface area contributed by atoms with Crippen molar-refractivity contribution < 1.29 is 14.3 Å². The zero-order valence-electron chi connectivity index (χ0n) is 18.2. The molecular formula is C23H31N3O3S. The molecule has 0 radical (unpaired) electrons. The normalized spacial score (nSPS) is 15.1. The fraction of sp³-hybridized carbons (Fsp3) is 0.478. The standard InChI is InChI=1S/C23H31N3O3S/c1-23(2,3)29-22(28)25-14-11-19(12-15-25)26-13-5-6-20(26)21(27)24-18-9-7-17(8-10-18)16-30-4/h5-10,13,19H,11-12,14-16H2,1-4H3,(H,24,27). The average Bonchev–Trinajstić information content (AvgIpc) is 3.18. The van der Waals surface area contributed by atoms with Crippen molar-refractivity contribution in [2.45, 2.75) is 51.0 Å². The summed E-state index contributed by atoms with van der Waals surface area (Å²) in [5.74, 6) is 0.839. The van der Waals surface area contributed by atoms with E-state index in [2.05, 4.69) is 11.6 Å². The molecule has 0 saturated carbocycles. The van der Waals surface area contributed by atoms with E-state index >= 15 is 0 Å². The zero-order valence-corrected chi connectivity index (χ0v) is 19.0. The number of amides is 2. The van der Waals surface area contributed by atoms with Gasteiger partial charge in [0.25, 0.3) is 5.91 Å². The minimum absolute atomic E-state index is 0.118. The van der Waals surface area contributed by atoms with E-state index in [0.717, 1.165) is 24.3 Å². The third-order valence-corrected chi connectivity index (χ3v) is 5.67. The van der Waals surface area contributed by atoms with Crippen LogP contribution in [0.1, 0.15) is 55.7 Å². The summed E-state index contributed by atoms with van der Waals surface area (Å²) in [7, 11) is 0. The molecule has 0 bridgehead atoms.